The highest BCUT2D eigenvalue weighted by molar-refractivity contribution is 7.89. The lowest BCUT2D eigenvalue weighted by atomic mass is 9.97. The summed E-state index contributed by atoms with van der Waals surface area (Å²) < 4.78 is 104. The van der Waals surface area contributed by atoms with E-state index in [4.69, 9.17) is 5.73 Å². The van der Waals surface area contributed by atoms with E-state index in [1.807, 2.05) is 0 Å². The molecule has 3 N–H and O–H groups in total. The number of halogens is 6. The van der Waals surface area contributed by atoms with Crippen LogP contribution in [0.3, 0.4) is 0 Å². The summed E-state index contributed by atoms with van der Waals surface area (Å²) in [7, 11) is -3.58. The van der Waals surface area contributed by atoms with Crippen molar-refractivity contribution in [3.8, 4) is 0 Å². The number of alkyl halides is 6. The zero-order valence-electron chi connectivity index (χ0n) is 18.4. The number of nitrogens with zero attached hydrogens (tertiary/aromatic N) is 5. The van der Waals surface area contributed by atoms with E-state index in [1.54, 1.807) is 0 Å². The lowest BCUT2D eigenvalue weighted by Crippen LogP contribution is -2.50. The number of hydrogen-bond donors (Lipinski definition) is 2. The predicted octanol–water partition coefficient (Wildman–Crippen LogP) is 0.758. The monoisotopic (exact) mass is 533 g/mol. The molecule has 0 saturated carbocycles. The second-order valence-electron chi connectivity index (χ2n) is 8.17. The minimum absolute atomic E-state index is 0.0203. The van der Waals surface area contributed by atoms with Crippen LogP contribution in [0, 0.1) is 5.92 Å². The molecule has 10 nitrogen and oxygen atoms in total. The van der Waals surface area contributed by atoms with Gasteiger partial charge in [0.25, 0.3) is 0 Å². The van der Waals surface area contributed by atoms with Crippen LogP contribution in [0.1, 0.15) is 18.7 Å². The van der Waals surface area contributed by atoms with Gasteiger partial charge in [0.05, 0.1) is 11.7 Å². The molecule has 2 aliphatic heterocycles. The first kappa shape index (κ1) is 27.2. The number of nitrogens with two attached hydrogens (primary N) is 1. The van der Waals surface area contributed by atoms with Crippen molar-refractivity contribution in [1.29, 1.82) is 0 Å². The van der Waals surface area contributed by atoms with Crippen LogP contribution in [0.2, 0.25) is 0 Å². The first-order valence-electron chi connectivity index (χ1n) is 10.7. The molecule has 2 aliphatic rings. The number of carbonyl (C=O) groups excluding carboxylic acids is 1. The molecule has 1 amide bonds. The van der Waals surface area contributed by atoms with Crippen molar-refractivity contribution in [3.63, 3.8) is 0 Å². The Bertz CT molecular complexity index is 1010. The fourth-order valence-electron chi connectivity index (χ4n) is 3.99. The molecular weight excluding hydrogens is 508 g/mol. The normalized spacial score (nSPS) is 20.7. The summed E-state index contributed by atoms with van der Waals surface area (Å²) >= 11 is 0. The molecule has 198 valence electrons. The lowest BCUT2D eigenvalue weighted by Gasteiger charge is -2.36. The lowest BCUT2D eigenvalue weighted by molar-refractivity contribution is -0.172. The first-order chi connectivity index (χ1) is 16.2. The number of sulfonamides is 1. The van der Waals surface area contributed by atoms with Gasteiger partial charge in [0, 0.05) is 51.9 Å². The maximum Gasteiger partial charge on any atom is 0.484 e. The third-order valence-electron chi connectivity index (χ3n) is 5.67. The second-order valence-corrected chi connectivity index (χ2v) is 10.3. The Morgan fingerprint density at radius 2 is 1.63 bits per heavy atom. The largest absolute Gasteiger partial charge is 0.484 e. The Morgan fingerprint density at radius 3 is 2.17 bits per heavy atom. The Labute approximate surface area is 197 Å². The number of piperidine rings is 1. The molecular formula is C18H25F6N7O3S. The summed E-state index contributed by atoms with van der Waals surface area (Å²) in [5, 5.41) is 0.937. The maximum atomic E-state index is 13.5. The molecule has 0 radical (unpaired) electrons. The summed E-state index contributed by atoms with van der Waals surface area (Å²) in [6, 6.07) is 1.27. The number of carbonyl (C=O) groups is 1. The first-order valence-corrected chi connectivity index (χ1v) is 12.3. The molecule has 35 heavy (non-hydrogen) atoms. The summed E-state index contributed by atoms with van der Waals surface area (Å²) in [5.74, 6) is -4.31. The van der Waals surface area contributed by atoms with Crippen molar-refractivity contribution >= 4 is 27.6 Å². The van der Waals surface area contributed by atoms with Crippen LogP contribution in [-0.4, -0.2) is 86.5 Å². The Hall–Kier alpha value is -2.40. The van der Waals surface area contributed by atoms with Crippen LogP contribution < -0.4 is 20.9 Å². The maximum absolute atomic E-state index is 13.5. The van der Waals surface area contributed by atoms with Gasteiger partial charge in [-0.3, -0.25) is 10.1 Å². The van der Waals surface area contributed by atoms with Gasteiger partial charge in [-0.1, -0.05) is 0 Å². The average Bonchev–Trinajstić information content (AvgIpc) is 2.77. The fourth-order valence-corrected chi connectivity index (χ4v) is 5.26. The predicted molar refractivity (Wildman–Crippen MR) is 113 cm³/mol. The molecule has 3 heterocycles. The Kier molecular flexibility index (Phi) is 8.00. The average molecular weight is 533 g/mol. The summed E-state index contributed by atoms with van der Waals surface area (Å²) in [6.07, 6.45) is -9.40. The number of amides is 1. The summed E-state index contributed by atoms with van der Waals surface area (Å²) in [5.41, 5.74) is 5.32. The highest BCUT2D eigenvalue weighted by atomic mass is 32.2. The van der Waals surface area contributed by atoms with Crippen molar-refractivity contribution in [2.75, 3.05) is 61.4 Å². The summed E-state index contributed by atoms with van der Waals surface area (Å²) in [4.78, 5) is 21.9. The molecule has 0 aliphatic carbocycles. The molecule has 0 bridgehead atoms. The minimum atomic E-state index is -4.91. The van der Waals surface area contributed by atoms with Crippen LogP contribution in [-0.2, 0) is 21.0 Å². The van der Waals surface area contributed by atoms with Crippen molar-refractivity contribution in [2.24, 2.45) is 11.7 Å². The fraction of sp³-hybridized carbons (Fsp3) is 0.722. The van der Waals surface area contributed by atoms with Gasteiger partial charge < -0.3 is 15.5 Å². The van der Waals surface area contributed by atoms with E-state index in [0.717, 1.165) is 5.32 Å². The molecule has 2 fully saturated rings. The molecule has 0 unspecified atom stereocenters. The van der Waals surface area contributed by atoms with Gasteiger partial charge in [0.1, 0.15) is 11.6 Å². The topological polar surface area (TPSA) is 125 Å². The third kappa shape index (κ3) is 7.07. The van der Waals surface area contributed by atoms with Crippen LogP contribution in [0.5, 0.6) is 0 Å². The van der Waals surface area contributed by atoms with Gasteiger partial charge in [0.15, 0.2) is 0 Å². The van der Waals surface area contributed by atoms with E-state index >= 15 is 0 Å². The highest BCUT2D eigenvalue weighted by Crippen LogP contribution is 2.32. The van der Waals surface area contributed by atoms with Crippen molar-refractivity contribution in [1.82, 2.24) is 19.6 Å². The molecule has 17 heteroatoms. The van der Waals surface area contributed by atoms with Gasteiger partial charge in [0.2, 0.25) is 21.8 Å². The molecule has 3 rings (SSSR count). The van der Waals surface area contributed by atoms with Gasteiger partial charge in [-0.2, -0.15) is 30.6 Å². The number of aromatic nitrogens is 2. The van der Waals surface area contributed by atoms with E-state index in [-0.39, 0.29) is 76.0 Å². The van der Waals surface area contributed by atoms with E-state index in [2.05, 4.69) is 9.97 Å². The van der Waals surface area contributed by atoms with E-state index in [0.29, 0.717) is 0 Å². The number of rotatable bonds is 6. The molecule has 0 aromatic carbocycles. The second kappa shape index (κ2) is 10.3. The summed E-state index contributed by atoms with van der Waals surface area (Å²) in [6.45, 7) is 0.0428. The molecule has 0 spiro atoms. The standard InChI is InChI=1S/C18H25F6N7O3S/c19-17(20,21)16-26-13(29-5-7-31(8-6-29)35(33,34)9-3-25)10-14(27-16)30-4-1-2-12(11-30)15(32)28-18(22,23)24/h10,12H,1-9,11,25H2,(H,28,32)/t12-/m1/s1. The van der Waals surface area contributed by atoms with Crippen molar-refractivity contribution < 1.29 is 39.6 Å². The number of piperazine rings is 1. The van der Waals surface area contributed by atoms with Crippen LogP contribution in [0.15, 0.2) is 6.07 Å². The Balaban J connectivity index is 1.82. The van der Waals surface area contributed by atoms with E-state index < -0.39 is 40.1 Å². The zero-order valence-corrected chi connectivity index (χ0v) is 19.3. The third-order valence-corrected chi connectivity index (χ3v) is 7.57. The van der Waals surface area contributed by atoms with E-state index in [1.165, 1.54) is 20.2 Å². The van der Waals surface area contributed by atoms with Crippen LogP contribution >= 0.6 is 0 Å². The van der Waals surface area contributed by atoms with Crippen LogP contribution in [0.25, 0.3) is 0 Å². The quantitative estimate of drug-likeness (QED) is 0.406. The highest BCUT2D eigenvalue weighted by Gasteiger charge is 2.39. The van der Waals surface area contributed by atoms with Gasteiger partial charge in [-0.05, 0) is 12.8 Å². The molecule has 1 aromatic rings. The SMILES string of the molecule is NCCS(=O)(=O)N1CCN(c2cc(N3CCC[C@@H](C(=O)NC(F)(F)F)C3)nc(C(F)(F)F)n2)CC1. The van der Waals surface area contributed by atoms with E-state index in [9.17, 15) is 39.6 Å². The van der Waals surface area contributed by atoms with Crippen molar-refractivity contribution in [2.45, 2.75) is 25.3 Å². The van der Waals surface area contributed by atoms with Gasteiger partial charge >= 0.3 is 12.5 Å². The van der Waals surface area contributed by atoms with Crippen LogP contribution in [0.4, 0.5) is 38.0 Å². The van der Waals surface area contributed by atoms with Gasteiger partial charge in [-0.15, -0.1) is 0 Å². The zero-order chi connectivity index (χ0) is 26.0. The number of anilines is 2. The molecule has 1 aromatic heterocycles. The number of hydrogen-bond acceptors (Lipinski definition) is 8. The Morgan fingerprint density at radius 1 is 1.03 bits per heavy atom. The molecule has 1 atom stereocenters. The minimum Gasteiger partial charge on any atom is -0.356 e. The molecule has 2 saturated heterocycles. The number of nitrogens with one attached hydrogen (secondary N) is 1. The smallest absolute Gasteiger partial charge is 0.356 e. The van der Waals surface area contributed by atoms with Crippen molar-refractivity contribution in [3.05, 3.63) is 11.9 Å². The van der Waals surface area contributed by atoms with Gasteiger partial charge in [-0.25, -0.2) is 18.4 Å².